The molecule has 0 saturated carbocycles. The third-order valence-corrected chi connectivity index (χ3v) is 3.27. The maximum atomic E-state index is 4.66. The molecule has 1 aromatic heterocycles. The second-order valence-corrected chi connectivity index (χ2v) is 4.95. The van der Waals surface area contributed by atoms with Crippen LogP contribution in [0.4, 0.5) is 0 Å². The van der Waals surface area contributed by atoms with Crippen LogP contribution in [-0.4, -0.2) is 23.1 Å². The van der Waals surface area contributed by atoms with Crippen molar-refractivity contribution >= 4 is 27.0 Å². The molecule has 1 N–H and O–H groups in total. The number of nitrogens with zero attached hydrogens (tertiary/aromatic N) is 2. The second-order valence-electron chi connectivity index (χ2n) is 4.03. The predicted octanol–water partition coefficient (Wildman–Crippen LogP) is 2.41. The highest BCUT2D eigenvalue weighted by molar-refractivity contribution is 9.10. The molecule has 0 unspecified atom stereocenters. The van der Waals surface area contributed by atoms with E-state index in [1.807, 2.05) is 7.05 Å². The van der Waals surface area contributed by atoms with Crippen molar-refractivity contribution < 1.29 is 0 Å². The van der Waals surface area contributed by atoms with Gasteiger partial charge in [0.05, 0.1) is 11.0 Å². The van der Waals surface area contributed by atoms with Crippen LogP contribution in [0.2, 0.25) is 0 Å². The van der Waals surface area contributed by atoms with Crippen LogP contribution in [0.1, 0.15) is 11.4 Å². The maximum absolute atomic E-state index is 4.66. The monoisotopic (exact) mass is 281 g/mol. The van der Waals surface area contributed by atoms with E-state index in [0.717, 1.165) is 28.8 Å². The molecule has 0 fully saturated rings. The molecule has 1 heterocycles. The van der Waals surface area contributed by atoms with Crippen LogP contribution in [-0.2, 0) is 13.5 Å². The molecule has 1 aromatic carbocycles. The highest BCUT2D eigenvalue weighted by atomic mass is 79.9. The summed E-state index contributed by atoms with van der Waals surface area (Å²) in [5.74, 6) is 1.13. The zero-order chi connectivity index (χ0) is 11.7. The lowest BCUT2D eigenvalue weighted by Gasteiger charge is -2.03. The molecule has 0 radical (unpaired) electrons. The Bertz CT molecular complexity index is 516. The molecule has 0 amide bonds. The molecule has 0 aliphatic rings. The number of aromatic nitrogens is 2. The molecule has 4 heteroatoms. The summed E-state index contributed by atoms with van der Waals surface area (Å²) in [5.41, 5.74) is 3.56. The standard InChI is InChI=1S/C12H16BrN3/c1-8-6-9(13)7-10-12(8)16(3)11(15-10)4-5-14-2/h6-7,14H,4-5H2,1-3H3. The van der Waals surface area contributed by atoms with E-state index in [4.69, 9.17) is 0 Å². The highest BCUT2D eigenvalue weighted by Gasteiger charge is 2.10. The van der Waals surface area contributed by atoms with Gasteiger partial charge in [0, 0.05) is 24.5 Å². The Balaban J connectivity index is 2.54. The number of fused-ring (bicyclic) bond motifs is 1. The van der Waals surface area contributed by atoms with E-state index in [9.17, 15) is 0 Å². The zero-order valence-electron chi connectivity index (χ0n) is 9.84. The highest BCUT2D eigenvalue weighted by Crippen LogP contribution is 2.24. The summed E-state index contributed by atoms with van der Waals surface area (Å²) in [5, 5.41) is 3.15. The number of aryl methyl sites for hydroxylation is 2. The van der Waals surface area contributed by atoms with Crippen molar-refractivity contribution in [1.82, 2.24) is 14.9 Å². The van der Waals surface area contributed by atoms with Crippen LogP contribution in [0.5, 0.6) is 0 Å². The van der Waals surface area contributed by atoms with Gasteiger partial charge >= 0.3 is 0 Å². The van der Waals surface area contributed by atoms with Gasteiger partial charge in [-0.15, -0.1) is 0 Å². The first-order valence-electron chi connectivity index (χ1n) is 5.39. The predicted molar refractivity (Wildman–Crippen MR) is 70.8 cm³/mol. The average Bonchev–Trinajstić information content (AvgIpc) is 2.52. The average molecular weight is 282 g/mol. The zero-order valence-corrected chi connectivity index (χ0v) is 11.4. The Morgan fingerprint density at radius 3 is 2.88 bits per heavy atom. The summed E-state index contributed by atoms with van der Waals surface area (Å²) < 4.78 is 3.28. The lowest BCUT2D eigenvalue weighted by Crippen LogP contribution is -2.13. The Hall–Kier alpha value is -0.870. The quantitative estimate of drug-likeness (QED) is 0.937. The Labute approximate surface area is 104 Å². The minimum Gasteiger partial charge on any atom is -0.331 e. The molecule has 3 nitrogen and oxygen atoms in total. The summed E-state index contributed by atoms with van der Waals surface area (Å²) in [6, 6.07) is 4.21. The molecule has 0 bridgehead atoms. The Kier molecular flexibility index (Phi) is 3.30. The number of rotatable bonds is 3. The fraction of sp³-hybridized carbons (Fsp3) is 0.417. The number of nitrogens with one attached hydrogen (secondary N) is 1. The first kappa shape index (κ1) is 11.6. The van der Waals surface area contributed by atoms with Crippen molar-refractivity contribution in [2.45, 2.75) is 13.3 Å². The van der Waals surface area contributed by atoms with Crippen molar-refractivity contribution in [3.8, 4) is 0 Å². The fourth-order valence-corrected chi connectivity index (χ4v) is 2.60. The molecule has 16 heavy (non-hydrogen) atoms. The second kappa shape index (κ2) is 4.55. The maximum Gasteiger partial charge on any atom is 0.110 e. The van der Waals surface area contributed by atoms with Crippen molar-refractivity contribution in [3.63, 3.8) is 0 Å². The van der Waals surface area contributed by atoms with E-state index < -0.39 is 0 Å². The summed E-state index contributed by atoms with van der Waals surface area (Å²) in [7, 11) is 4.05. The first-order valence-corrected chi connectivity index (χ1v) is 6.19. The van der Waals surface area contributed by atoms with E-state index in [0.29, 0.717) is 0 Å². The normalized spacial score (nSPS) is 11.2. The van der Waals surface area contributed by atoms with E-state index in [-0.39, 0.29) is 0 Å². The van der Waals surface area contributed by atoms with Gasteiger partial charge in [-0.25, -0.2) is 4.98 Å². The lowest BCUT2D eigenvalue weighted by atomic mass is 10.2. The van der Waals surface area contributed by atoms with E-state index >= 15 is 0 Å². The van der Waals surface area contributed by atoms with Crippen LogP contribution in [0.3, 0.4) is 0 Å². The van der Waals surface area contributed by atoms with Gasteiger partial charge in [-0.05, 0) is 31.7 Å². The van der Waals surface area contributed by atoms with Gasteiger partial charge in [0.2, 0.25) is 0 Å². The molecule has 0 aliphatic carbocycles. The molecular weight excluding hydrogens is 266 g/mol. The number of hydrogen-bond donors (Lipinski definition) is 1. The molecule has 0 aliphatic heterocycles. The molecular formula is C12H16BrN3. The molecule has 0 saturated heterocycles. The van der Waals surface area contributed by atoms with Crippen LogP contribution in [0, 0.1) is 6.92 Å². The van der Waals surface area contributed by atoms with Crippen LogP contribution in [0.15, 0.2) is 16.6 Å². The van der Waals surface area contributed by atoms with Gasteiger partial charge in [0.15, 0.2) is 0 Å². The molecule has 0 atom stereocenters. The minimum absolute atomic E-state index is 0.956. The van der Waals surface area contributed by atoms with Crippen molar-refractivity contribution in [2.75, 3.05) is 13.6 Å². The van der Waals surface area contributed by atoms with Crippen LogP contribution in [0.25, 0.3) is 11.0 Å². The van der Waals surface area contributed by atoms with E-state index in [1.165, 1.54) is 11.1 Å². The third kappa shape index (κ3) is 1.99. The van der Waals surface area contributed by atoms with Gasteiger partial charge in [-0.3, -0.25) is 0 Å². The van der Waals surface area contributed by atoms with Gasteiger partial charge in [-0.2, -0.15) is 0 Å². The Morgan fingerprint density at radius 2 is 2.19 bits per heavy atom. The molecule has 2 rings (SSSR count). The van der Waals surface area contributed by atoms with Crippen molar-refractivity contribution in [2.24, 2.45) is 7.05 Å². The molecule has 0 spiro atoms. The summed E-state index contributed by atoms with van der Waals surface area (Å²) in [6.45, 7) is 3.08. The summed E-state index contributed by atoms with van der Waals surface area (Å²) in [4.78, 5) is 4.66. The fourth-order valence-electron chi connectivity index (χ4n) is 2.04. The van der Waals surface area contributed by atoms with Crippen LogP contribution >= 0.6 is 15.9 Å². The van der Waals surface area contributed by atoms with E-state index in [2.05, 4.69) is 56.9 Å². The number of benzene rings is 1. The van der Waals surface area contributed by atoms with Gasteiger partial charge < -0.3 is 9.88 Å². The SMILES string of the molecule is CNCCc1nc2cc(Br)cc(C)c2n1C. The largest absolute Gasteiger partial charge is 0.331 e. The Morgan fingerprint density at radius 1 is 1.44 bits per heavy atom. The van der Waals surface area contributed by atoms with Gasteiger partial charge in [0.25, 0.3) is 0 Å². The minimum atomic E-state index is 0.956. The third-order valence-electron chi connectivity index (χ3n) is 2.82. The number of imidazole rings is 1. The lowest BCUT2D eigenvalue weighted by molar-refractivity contribution is 0.725. The number of likely N-dealkylation sites (N-methyl/N-ethyl adjacent to an activating group) is 1. The first-order chi connectivity index (χ1) is 7.63. The summed E-state index contributed by atoms with van der Waals surface area (Å²) in [6.07, 6.45) is 0.957. The number of halogens is 1. The van der Waals surface area contributed by atoms with Crippen molar-refractivity contribution in [3.05, 3.63) is 28.0 Å². The topological polar surface area (TPSA) is 29.9 Å². The van der Waals surface area contributed by atoms with E-state index in [1.54, 1.807) is 0 Å². The summed E-state index contributed by atoms with van der Waals surface area (Å²) >= 11 is 3.51. The van der Waals surface area contributed by atoms with Crippen LogP contribution < -0.4 is 5.32 Å². The van der Waals surface area contributed by atoms with Crippen molar-refractivity contribution in [1.29, 1.82) is 0 Å². The molecule has 86 valence electrons. The smallest absolute Gasteiger partial charge is 0.110 e. The van der Waals surface area contributed by atoms with Gasteiger partial charge in [-0.1, -0.05) is 15.9 Å². The molecule has 2 aromatic rings. The number of hydrogen-bond acceptors (Lipinski definition) is 2. The van der Waals surface area contributed by atoms with Gasteiger partial charge in [0.1, 0.15) is 5.82 Å².